The van der Waals surface area contributed by atoms with Gasteiger partial charge in [0.2, 0.25) is 0 Å². The van der Waals surface area contributed by atoms with Crippen LogP contribution in [0.4, 0.5) is 17.4 Å². The topological polar surface area (TPSA) is 83.0 Å². The molecule has 0 aliphatic rings. The third-order valence-electron chi connectivity index (χ3n) is 3.79. The van der Waals surface area contributed by atoms with Gasteiger partial charge in [-0.3, -0.25) is 0 Å². The Morgan fingerprint density at radius 3 is 2.85 bits per heavy atom. The predicted molar refractivity (Wildman–Crippen MR) is 108 cm³/mol. The molecule has 0 saturated carbocycles. The van der Waals surface area contributed by atoms with Crippen molar-refractivity contribution in [1.29, 1.82) is 0 Å². The Morgan fingerprint density at radius 1 is 1.15 bits per heavy atom. The molecule has 3 N–H and O–H groups in total. The van der Waals surface area contributed by atoms with Gasteiger partial charge in [-0.1, -0.05) is 6.07 Å². The van der Waals surface area contributed by atoms with Crippen molar-refractivity contribution in [2.24, 2.45) is 0 Å². The van der Waals surface area contributed by atoms with Gasteiger partial charge in [0.1, 0.15) is 0 Å². The Morgan fingerprint density at radius 2 is 2.00 bits per heavy atom. The van der Waals surface area contributed by atoms with Crippen LogP contribution in [0.2, 0.25) is 0 Å². The maximum Gasteiger partial charge on any atom is 0.299 e. The highest BCUT2D eigenvalue weighted by atomic mass is 32.2. The summed E-state index contributed by atoms with van der Waals surface area (Å²) in [7, 11) is -2.33. The number of anilines is 3. The van der Waals surface area contributed by atoms with Crippen LogP contribution in [0.15, 0.2) is 65.3 Å². The van der Waals surface area contributed by atoms with Crippen LogP contribution in [0.25, 0.3) is 22.2 Å². The number of nitrogens with one attached hydrogen (secondary N) is 3. The summed E-state index contributed by atoms with van der Waals surface area (Å²) in [6, 6.07) is 15.8. The number of aromatic amines is 1. The van der Waals surface area contributed by atoms with Crippen LogP contribution in [0.3, 0.4) is 0 Å². The largest absolute Gasteiger partial charge is 0.423 e. The molecule has 0 aliphatic carbocycles. The summed E-state index contributed by atoms with van der Waals surface area (Å²) in [5.41, 5.74) is 3.51. The number of rotatable bonds is 5. The van der Waals surface area contributed by atoms with Crippen LogP contribution in [0, 0.1) is 0 Å². The monoisotopic (exact) mass is 366 g/mol. The van der Waals surface area contributed by atoms with Crippen molar-refractivity contribution >= 4 is 43.9 Å². The third kappa shape index (κ3) is 3.57. The zero-order chi connectivity index (χ0) is 18.1. The smallest absolute Gasteiger partial charge is 0.299 e. The highest BCUT2D eigenvalue weighted by molar-refractivity contribution is 8.00. The molecule has 4 aromatic rings. The first-order valence-corrected chi connectivity index (χ1v) is 10.1. The molecule has 6 nitrogen and oxygen atoms in total. The first-order valence-electron chi connectivity index (χ1n) is 7.97. The van der Waals surface area contributed by atoms with E-state index in [1.54, 1.807) is 12.5 Å². The molecule has 0 amide bonds. The van der Waals surface area contributed by atoms with Gasteiger partial charge in [-0.05, 0) is 48.3 Å². The molecular formula is C19H18N4O2S. The number of nitrogens with zero attached hydrogens (tertiary/aromatic N) is 1. The summed E-state index contributed by atoms with van der Waals surface area (Å²) in [5, 5.41) is 4.23. The Kier molecular flexibility index (Phi) is 3.93. The molecule has 4 rings (SSSR count). The summed E-state index contributed by atoms with van der Waals surface area (Å²) in [6.45, 7) is 0. The number of benzene rings is 2. The molecule has 0 fully saturated rings. The average molecular weight is 366 g/mol. The fraction of sp³-hybridized carbons (Fsp3) is 0.0526. The Bertz CT molecular complexity index is 1170. The first kappa shape index (κ1) is 16.3. The molecule has 2 aromatic heterocycles. The molecule has 132 valence electrons. The maximum absolute atomic E-state index is 11.8. The number of fused-ring (bicyclic) bond motifs is 1. The Labute approximate surface area is 151 Å². The molecule has 2 heterocycles. The molecule has 0 bridgehead atoms. The van der Waals surface area contributed by atoms with Gasteiger partial charge in [0.15, 0.2) is 5.76 Å². The van der Waals surface area contributed by atoms with E-state index in [0.717, 1.165) is 22.2 Å². The van der Waals surface area contributed by atoms with Crippen LogP contribution < -0.4 is 10.0 Å². The minimum Gasteiger partial charge on any atom is -0.423 e. The summed E-state index contributed by atoms with van der Waals surface area (Å²) in [4.78, 5) is 7.45. The second kappa shape index (κ2) is 6.27. The van der Waals surface area contributed by atoms with Crippen molar-refractivity contribution in [2.75, 3.05) is 16.3 Å². The van der Waals surface area contributed by atoms with Gasteiger partial charge < -0.3 is 19.4 Å². The molecule has 1 atom stereocenters. The average Bonchev–Trinajstić information content (AvgIpc) is 3.21. The van der Waals surface area contributed by atoms with Gasteiger partial charge in [-0.25, -0.2) is 9.19 Å². The van der Waals surface area contributed by atoms with Gasteiger partial charge in [-0.2, -0.15) is 0 Å². The second-order valence-corrected chi connectivity index (χ2v) is 8.34. The van der Waals surface area contributed by atoms with E-state index >= 15 is 0 Å². The zero-order valence-electron chi connectivity index (χ0n) is 14.2. The lowest BCUT2D eigenvalue weighted by Crippen LogP contribution is -2.09. The zero-order valence-corrected chi connectivity index (χ0v) is 15.0. The van der Waals surface area contributed by atoms with E-state index in [9.17, 15) is 4.21 Å². The lowest BCUT2D eigenvalue weighted by atomic mass is 10.1. The highest BCUT2D eigenvalue weighted by Crippen LogP contribution is 2.27. The lowest BCUT2D eigenvalue weighted by molar-refractivity contribution is 0.592. The molecular weight excluding hydrogens is 348 g/mol. The first-order chi connectivity index (χ1) is 12.5. The minimum absolute atomic E-state index is 0.387. The minimum atomic E-state index is -2.33. The van der Waals surface area contributed by atoms with Gasteiger partial charge in [0.25, 0.3) is 6.01 Å². The third-order valence-corrected chi connectivity index (χ3v) is 4.46. The van der Waals surface area contributed by atoms with Crippen molar-refractivity contribution in [2.45, 2.75) is 0 Å². The van der Waals surface area contributed by atoms with Crippen LogP contribution in [0.1, 0.15) is 0 Å². The van der Waals surface area contributed by atoms with Crippen LogP contribution in [0.5, 0.6) is 0 Å². The second-order valence-electron chi connectivity index (χ2n) is 6.12. The van der Waals surface area contributed by atoms with E-state index in [0.29, 0.717) is 17.5 Å². The molecule has 7 heteroatoms. The molecule has 2 aromatic carbocycles. The van der Waals surface area contributed by atoms with Crippen molar-refractivity contribution < 1.29 is 8.63 Å². The van der Waals surface area contributed by atoms with E-state index in [4.69, 9.17) is 4.42 Å². The van der Waals surface area contributed by atoms with Crippen LogP contribution in [-0.4, -0.2) is 26.3 Å². The molecule has 0 saturated heterocycles. The molecule has 0 aliphatic heterocycles. The fourth-order valence-electron chi connectivity index (χ4n) is 2.71. The maximum atomic E-state index is 11.8. The highest BCUT2D eigenvalue weighted by Gasteiger charge is 2.08. The van der Waals surface area contributed by atoms with Crippen molar-refractivity contribution in [3.05, 3.63) is 60.9 Å². The molecule has 26 heavy (non-hydrogen) atoms. The predicted octanol–water partition coefficient (Wildman–Crippen LogP) is 4.24. The Hall–Kier alpha value is -3.19. The van der Waals surface area contributed by atoms with Crippen molar-refractivity contribution in [3.63, 3.8) is 0 Å². The normalized spacial score (nSPS) is 13.4. The number of oxazole rings is 1. The number of hydrogen-bond acceptors (Lipinski definition) is 4. The molecule has 1 unspecified atom stereocenters. The molecule has 0 spiro atoms. The summed E-state index contributed by atoms with van der Waals surface area (Å²) >= 11 is 0. The van der Waals surface area contributed by atoms with Gasteiger partial charge in [0.05, 0.1) is 6.20 Å². The standard InChI is InChI=1S/C19H18N4O2S/c1-26(2,24)23-16-5-3-4-15(11-16)22-19-21-12-18(25-19)14-6-7-17-13(10-14)8-9-20-17/h3-12,20H,1H2,2H3,(H,21,22)(H,23,24). The van der Waals surface area contributed by atoms with Crippen LogP contribution in [-0.2, 0) is 9.71 Å². The SMILES string of the molecule is C=S(C)(=O)Nc1cccc(Nc2ncc(-c3ccc4[nH]ccc4c3)o2)c1. The number of H-pyrrole nitrogens is 1. The Balaban J connectivity index is 1.56. The van der Waals surface area contributed by atoms with E-state index in [2.05, 4.69) is 25.9 Å². The van der Waals surface area contributed by atoms with Gasteiger partial charge in [0, 0.05) is 50.0 Å². The summed E-state index contributed by atoms with van der Waals surface area (Å²) in [5.74, 6) is 4.28. The van der Waals surface area contributed by atoms with Crippen molar-refractivity contribution in [3.8, 4) is 11.3 Å². The lowest BCUT2D eigenvalue weighted by Gasteiger charge is -2.09. The number of hydrogen-bond donors (Lipinski definition) is 3. The fourth-order valence-corrected chi connectivity index (χ4v) is 3.33. The van der Waals surface area contributed by atoms with Crippen LogP contribution >= 0.6 is 0 Å². The summed E-state index contributed by atoms with van der Waals surface area (Å²) in [6.07, 6.45) is 5.14. The van der Waals surface area contributed by atoms with E-state index in [1.807, 2.05) is 54.7 Å². The van der Waals surface area contributed by atoms with E-state index in [-0.39, 0.29) is 0 Å². The number of aromatic nitrogens is 2. The molecule has 0 radical (unpaired) electrons. The van der Waals surface area contributed by atoms with Gasteiger partial charge in [-0.15, -0.1) is 0 Å². The van der Waals surface area contributed by atoms with Gasteiger partial charge >= 0.3 is 0 Å². The van der Waals surface area contributed by atoms with E-state index < -0.39 is 9.71 Å². The quantitative estimate of drug-likeness (QED) is 0.461. The summed E-state index contributed by atoms with van der Waals surface area (Å²) < 4.78 is 20.5. The van der Waals surface area contributed by atoms with E-state index in [1.165, 1.54) is 0 Å². The van der Waals surface area contributed by atoms with Crippen molar-refractivity contribution in [1.82, 2.24) is 9.97 Å².